The predicted molar refractivity (Wildman–Crippen MR) is 59.3 cm³/mol. The molecule has 1 aliphatic rings. The number of hydrogen-bond acceptors (Lipinski definition) is 3. The molecule has 3 heteroatoms. The highest BCUT2D eigenvalue weighted by Gasteiger charge is 2.14. The summed E-state index contributed by atoms with van der Waals surface area (Å²) in [5, 5.41) is 3.45. The highest BCUT2D eigenvalue weighted by Crippen LogP contribution is 2.10. The normalized spacial score (nSPS) is 24.0. The lowest BCUT2D eigenvalue weighted by Gasteiger charge is -2.14. The molecule has 0 bridgehead atoms. The van der Waals surface area contributed by atoms with Crippen molar-refractivity contribution in [3.05, 3.63) is 0 Å². The van der Waals surface area contributed by atoms with Crippen molar-refractivity contribution >= 4 is 0 Å². The third-order valence-electron chi connectivity index (χ3n) is 3.04. The van der Waals surface area contributed by atoms with Crippen LogP contribution in [0.2, 0.25) is 0 Å². The first kappa shape index (κ1) is 12.0. The molecule has 14 heavy (non-hydrogen) atoms. The number of nitrogens with two attached hydrogens (primary N) is 1. The Morgan fingerprint density at radius 2 is 2.43 bits per heavy atom. The number of rotatable bonds is 7. The van der Waals surface area contributed by atoms with Crippen LogP contribution in [0.15, 0.2) is 0 Å². The van der Waals surface area contributed by atoms with Gasteiger partial charge in [-0.3, -0.25) is 0 Å². The molecule has 1 aliphatic heterocycles. The van der Waals surface area contributed by atoms with E-state index in [9.17, 15) is 0 Å². The van der Waals surface area contributed by atoms with Crippen molar-refractivity contribution in [1.29, 1.82) is 0 Å². The molecular weight excluding hydrogens is 176 g/mol. The molecule has 1 saturated heterocycles. The summed E-state index contributed by atoms with van der Waals surface area (Å²) in [5.74, 6) is 0.687. The SMILES string of the molecule is CCC(CN)CCNCC1CCCO1. The second-order valence-corrected chi connectivity index (χ2v) is 4.14. The number of hydrogen-bond donors (Lipinski definition) is 2. The topological polar surface area (TPSA) is 47.3 Å². The van der Waals surface area contributed by atoms with Crippen molar-refractivity contribution in [1.82, 2.24) is 5.32 Å². The zero-order valence-corrected chi connectivity index (χ0v) is 9.30. The molecule has 0 aromatic carbocycles. The monoisotopic (exact) mass is 200 g/mol. The summed E-state index contributed by atoms with van der Waals surface area (Å²) in [6.45, 7) is 6.07. The van der Waals surface area contributed by atoms with Crippen molar-refractivity contribution in [3.8, 4) is 0 Å². The molecule has 0 aromatic heterocycles. The fourth-order valence-electron chi connectivity index (χ4n) is 1.86. The summed E-state index contributed by atoms with van der Waals surface area (Å²) in [6.07, 6.45) is 5.30. The van der Waals surface area contributed by atoms with Gasteiger partial charge in [0.15, 0.2) is 0 Å². The van der Waals surface area contributed by atoms with Crippen LogP contribution in [0.25, 0.3) is 0 Å². The Morgan fingerprint density at radius 3 is 3.00 bits per heavy atom. The van der Waals surface area contributed by atoms with E-state index in [4.69, 9.17) is 10.5 Å². The molecule has 1 rings (SSSR count). The summed E-state index contributed by atoms with van der Waals surface area (Å²) in [7, 11) is 0. The van der Waals surface area contributed by atoms with Crippen LogP contribution in [-0.4, -0.2) is 32.3 Å². The number of ether oxygens (including phenoxy) is 1. The molecule has 2 atom stereocenters. The quantitative estimate of drug-likeness (QED) is 0.606. The van der Waals surface area contributed by atoms with E-state index in [2.05, 4.69) is 12.2 Å². The fraction of sp³-hybridized carbons (Fsp3) is 1.00. The Balaban J connectivity index is 1.92. The van der Waals surface area contributed by atoms with Crippen LogP contribution in [0.4, 0.5) is 0 Å². The maximum absolute atomic E-state index is 5.64. The molecule has 3 N–H and O–H groups in total. The molecule has 0 amide bonds. The maximum atomic E-state index is 5.64. The zero-order valence-electron chi connectivity index (χ0n) is 9.30. The minimum absolute atomic E-state index is 0.466. The van der Waals surface area contributed by atoms with E-state index in [0.717, 1.165) is 26.2 Å². The molecule has 1 fully saturated rings. The van der Waals surface area contributed by atoms with Crippen molar-refractivity contribution in [2.75, 3.05) is 26.2 Å². The van der Waals surface area contributed by atoms with E-state index in [-0.39, 0.29) is 0 Å². The molecule has 0 spiro atoms. The van der Waals surface area contributed by atoms with Gasteiger partial charge in [-0.2, -0.15) is 0 Å². The van der Waals surface area contributed by atoms with Crippen LogP contribution >= 0.6 is 0 Å². The summed E-state index contributed by atoms with van der Waals surface area (Å²) in [5.41, 5.74) is 5.64. The highest BCUT2D eigenvalue weighted by molar-refractivity contribution is 4.68. The first-order chi connectivity index (χ1) is 6.86. The van der Waals surface area contributed by atoms with Gasteiger partial charge in [0.25, 0.3) is 0 Å². The van der Waals surface area contributed by atoms with Gasteiger partial charge in [0.2, 0.25) is 0 Å². The molecular formula is C11H24N2O. The largest absolute Gasteiger partial charge is 0.377 e. The highest BCUT2D eigenvalue weighted by atomic mass is 16.5. The van der Waals surface area contributed by atoms with Gasteiger partial charge >= 0.3 is 0 Å². The van der Waals surface area contributed by atoms with Crippen molar-refractivity contribution in [2.24, 2.45) is 11.7 Å². The lowest BCUT2D eigenvalue weighted by Crippen LogP contribution is -2.29. The Bertz CT molecular complexity index is 127. The van der Waals surface area contributed by atoms with Crippen LogP contribution in [0.1, 0.15) is 32.6 Å². The van der Waals surface area contributed by atoms with E-state index in [1.165, 1.54) is 25.7 Å². The summed E-state index contributed by atoms with van der Waals surface area (Å²) >= 11 is 0. The first-order valence-corrected chi connectivity index (χ1v) is 5.89. The van der Waals surface area contributed by atoms with E-state index >= 15 is 0 Å². The van der Waals surface area contributed by atoms with Gasteiger partial charge in [0.05, 0.1) is 6.10 Å². The fourth-order valence-corrected chi connectivity index (χ4v) is 1.86. The van der Waals surface area contributed by atoms with Gasteiger partial charge in [0.1, 0.15) is 0 Å². The Hall–Kier alpha value is -0.120. The third kappa shape index (κ3) is 4.40. The minimum Gasteiger partial charge on any atom is -0.377 e. The van der Waals surface area contributed by atoms with Gasteiger partial charge in [-0.15, -0.1) is 0 Å². The van der Waals surface area contributed by atoms with Gasteiger partial charge < -0.3 is 15.8 Å². The molecule has 3 nitrogen and oxygen atoms in total. The van der Waals surface area contributed by atoms with Crippen LogP contribution < -0.4 is 11.1 Å². The number of nitrogens with one attached hydrogen (secondary N) is 1. The Morgan fingerprint density at radius 1 is 1.57 bits per heavy atom. The molecule has 84 valence electrons. The van der Waals surface area contributed by atoms with Crippen LogP contribution in [0, 0.1) is 5.92 Å². The summed E-state index contributed by atoms with van der Waals surface area (Å²) in [4.78, 5) is 0. The Kier molecular flexibility index (Phi) is 6.15. The predicted octanol–water partition coefficient (Wildman–Crippen LogP) is 1.13. The molecule has 0 aliphatic carbocycles. The maximum Gasteiger partial charge on any atom is 0.0700 e. The molecule has 0 aromatic rings. The smallest absolute Gasteiger partial charge is 0.0700 e. The van der Waals surface area contributed by atoms with Crippen LogP contribution in [0.5, 0.6) is 0 Å². The van der Waals surface area contributed by atoms with E-state index < -0.39 is 0 Å². The van der Waals surface area contributed by atoms with Crippen molar-refractivity contribution in [2.45, 2.75) is 38.7 Å². The van der Waals surface area contributed by atoms with Gasteiger partial charge in [0, 0.05) is 13.2 Å². The molecule has 2 unspecified atom stereocenters. The first-order valence-electron chi connectivity index (χ1n) is 5.89. The third-order valence-corrected chi connectivity index (χ3v) is 3.04. The van der Waals surface area contributed by atoms with Crippen LogP contribution in [0.3, 0.4) is 0 Å². The van der Waals surface area contributed by atoms with E-state index in [1.54, 1.807) is 0 Å². The summed E-state index contributed by atoms with van der Waals surface area (Å²) in [6, 6.07) is 0. The lowest BCUT2D eigenvalue weighted by atomic mass is 10.0. The standard InChI is InChI=1S/C11H24N2O/c1-2-10(8-12)5-6-13-9-11-4-3-7-14-11/h10-11,13H,2-9,12H2,1H3. The van der Waals surface area contributed by atoms with Gasteiger partial charge in [-0.1, -0.05) is 13.3 Å². The minimum atomic E-state index is 0.466. The molecule has 1 heterocycles. The lowest BCUT2D eigenvalue weighted by molar-refractivity contribution is 0.110. The summed E-state index contributed by atoms with van der Waals surface area (Å²) < 4.78 is 5.53. The second kappa shape index (κ2) is 7.21. The van der Waals surface area contributed by atoms with Crippen LogP contribution in [-0.2, 0) is 4.74 Å². The zero-order chi connectivity index (χ0) is 10.2. The molecule has 0 radical (unpaired) electrons. The van der Waals surface area contributed by atoms with Gasteiger partial charge in [-0.25, -0.2) is 0 Å². The van der Waals surface area contributed by atoms with E-state index in [1.807, 2.05) is 0 Å². The van der Waals surface area contributed by atoms with E-state index in [0.29, 0.717) is 12.0 Å². The van der Waals surface area contributed by atoms with Gasteiger partial charge in [-0.05, 0) is 38.3 Å². The van der Waals surface area contributed by atoms with Crippen molar-refractivity contribution < 1.29 is 4.74 Å². The Labute approximate surface area is 87.4 Å². The molecule has 0 saturated carbocycles. The second-order valence-electron chi connectivity index (χ2n) is 4.14. The average molecular weight is 200 g/mol. The van der Waals surface area contributed by atoms with Crippen molar-refractivity contribution in [3.63, 3.8) is 0 Å². The average Bonchev–Trinajstić information content (AvgIpc) is 2.71.